The van der Waals surface area contributed by atoms with Gasteiger partial charge in [-0.25, -0.2) is 0 Å². The molecule has 0 radical (unpaired) electrons. The molecule has 0 bridgehead atoms. The molecule has 0 aliphatic heterocycles. The van der Waals surface area contributed by atoms with E-state index < -0.39 is 29.9 Å². The Morgan fingerprint density at radius 1 is 0.522 bits per heavy atom. The van der Waals surface area contributed by atoms with Crippen molar-refractivity contribution in [3.63, 3.8) is 0 Å². The molecule has 0 aromatic carbocycles. The molecule has 2 N–H and O–H groups in total. The minimum atomic E-state index is -1.12. The molecule has 0 saturated carbocycles. The van der Waals surface area contributed by atoms with Crippen LogP contribution >= 0.6 is 0 Å². The van der Waals surface area contributed by atoms with Crippen molar-refractivity contribution in [1.29, 1.82) is 0 Å². The van der Waals surface area contributed by atoms with Gasteiger partial charge >= 0.3 is 18.1 Å². The van der Waals surface area contributed by atoms with Crippen LogP contribution in [0.3, 0.4) is 0 Å². The van der Waals surface area contributed by atoms with Crippen LogP contribution in [0.25, 0.3) is 0 Å². The second-order valence-electron chi connectivity index (χ2n) is 8.95. The molecule has 0 spiro atoms. The molecule has 46 heavy (non-hydrogen) atoms. The topological polar surface area (TPSA) is 141 Å². The van der Waals surface area contributed by atoms with Crippen molar-refractivity contribution in [1.82, 2.24) is 44.6 Å². The zero-order valence-electron chi connectivity index (χ0n) is 24.2. The Bertz CT molecular complexity index is 1010. The second kappa shape index (κ2) is 26.2. The van der Waals surface area contributed by atoms with Crippen molar-refractivity contribution in [2.75, 3.05) is 87.5 Å². The number of rotatable bonds is 12. The van der Waals surface area contributed by atoms with Crippen LogP contribution in [0.5, 0.6) is 17.9 Å². The zero-order valence-corrected chi connectivity index (χ0v) is 24.2. The number of anilines is 1. The highest BCUT2D eigenvalue weighted by Gasteiger charge is 2.06. The summed E-state index contributed by atoms with van der Waals surface area (Å²) in [6.45, 7) is 2.99. The molecule has 0 atom stereocenters. The summed E-state index contributed by atoms with van der Waals surface area (Å²) in [6, 6.07) is 2.28. The fourth-order valence-electron chi connectivity index (χ4n) is 2.33. The molecule has 0 amide bonds. The van der Waals surface area contributed by atoms with Crippen LogP contribution < -0.4 is 19.9 Å². The molecular formula is C28H51F5N10O3. The summed E-state index contributed by atoms with van der Waals surface area (Å²) >= 11 is 0. The third kappa shape index (κ3) is 24.3. The largest absolute Gasteiger partial charge is 0.476 e. The third-order valence-corrected chi connectivity index (χ3v) is 4.31. The molecule has 3 aromatic heterocycles. The molecule has 0 aliphatic rings. The van der Waals surface area contributed by atoms with Gasteiger partial charge in [-0.15, -0.1) is 0 Å². The van der Waals surface area contributed by atoms with Crippen LogP contribution in [-0.4, -0.2) is 126 Å². The van der Waals surface area contributed by atoms with E-state index in [4.69, 9.17) is 19.9 Å². The highest BCUT2D eigenvalue weighted by Crippen LogP contribution is 2.08. The molecule has 0 saturated heterocycles. The first-order valence-corrected chi connectivity index (χ1v) is 12.3. The van der Waals surface area contributed by atoms with Crippen molar-refractivity contribution < 1.29 is 36.2 Å². The maximum absolute atomic E-state index is 12.7. The lowest BCUT2D eigenvalue weighted by atomic mass is 10.6. The number of hydrogen-bond acceptors (Lipinski definition) is 13. The van der Waals surface area contributed by atoms with Gasteiger partial charge in [0.05, 0.1) is 6.07 Å². The lowest BCUT2D eigenvalue weighted by Gasteiger charge is -2.09. The van der Waals surface area contributed by atoms with E-state index in [9.17, 15) is 22.0 Å². The first-order chi connectivity index (χ1) is 19.7. The van der Waals surface area contributed by atoms with Crippen molar-refractivity contribution in [2.24, 2.45) is 0 Å². The molecule has 0 unspecified atom stereocenters. The lowest BCUT2D eigenvalue weighted by molar-refractivity contribution is 0.239. The predicted octanol–water partition coefficient (Wildman–Crippen LogP) is 4.07. The lowest BCUT2D eigenvalue weighted by Crippen LogP contribution is -2.20. The number of nitrogen functional groups attached to an aromatic ring is 1. The summed E-state index contributed by atoms with van der Waals surface area (Å²) in [5.74, 6) is -3.50. The Kier molecular flexibility index (Phi) is 27.8. The van der Waals surface area contributed by atoms with E-state index in [1.54, 1.807) is 0 Å². The number of hydrogen-bond donors (Lipinski definition) is 1. The summed E-state index contributed by atoms with van der Waals surface area (Å²) in [5.41, 5.74) is 5.31. The fraction of sp³-hybridized carbons (Fsp3) is 0.571. The minimum absolute atomic E-state index is 0. The van der Waals surface area contributed by atoms with Gasteiger partial charge in [0.1, 0.15) is 25.6 Å². The van der Waals surface area contributed by atoms with Crippen molar-refractivity contribution in [2.45, 2.75) is 29.7 Å². The number of halogens is 5. The summed E-state index contributed by atoms with van der Waals surface area (Å²) in [7, 11) is 11.3. The van der Waals surface area contributed by atoms with E-state index in [-0.39, 0.29) is 60.0 Å². The van der Waals surface area contributed by atoms with Crippen LogP contribution in [0.1, 0.15) is 29.7 Å². The Morgan fingerprint density at radius 3 is 1.28 bits per heavy atom. The molecule has 18 heteroatoms. The van der Waals surface area contributed by atoms with Crippen LogP contribution in [0.2, 0.25) is 0 Å². The normalized spacial score (nSPS) is 9.70. The summed E-state index contributed by atoms with van der Waals surface area (Å²) in [6.07, 6.45) is -1.12. The number of likely N-dealkylation sites (N-methyl/N-ethyl adjacent to an activating group) is 3. The monoisotopic (exact) mass is 670 g/mol. The van der Waals surface area contributed by atoms with Crippen molar-refractivity contribution >= 4 is 5.82 Å². The standard InChI is InChI=1S/2C8H11F2N3O.C8H13FN4O.4CH4/c1-13(2)3-4-14-7-5-6(9)11-8(10)12-7;2*1-13(2)3-4-14-8-11-6(9)5-7(10)12-8;;;;/h2*5H,3-4H2,1-2H3;5H,3-4H2,1-2H3,(H2,10,11,12);4*1H4. The van der Waals surface area contributed by atoms with E-state index in [0.717, 1.165) is 12.1 Å². The van der Waals surface area contributed by atoms with E-state index >= 15 is 0 Å². The molecule has 0 aliphatic carbocycles. The molecule has 0 fully saturated rings. The maximum atomic E-state index is 12.7. The molecular weight excluding hydrogens is 619 g/mol. The Hall–Kier alpha value is -4.03. The SMILES string of the molecule is C.C.C.C.CN(C)CCOc1cc(F)nc(F)n1.CN(C)CCOc1nc(F)cc(F)n1.CN(C)CCOc1nc(N)cc(F)n1. The van der Waals surface area contributed by atoms with Gasteiger partial charge in [-0.2, -0.15) is 51.9 Å². The van der Waals surface area contributed by atoms with Gasteiger partial charge in [0.25, 0.3) is 0 Å². The average Bonchev–Trinajstić information content (AvgIpc) is 2.82. The summed E-state index contributed by atoms with van der Waals surface area (Å²) in [5, 5.41) is 0. The first kappa shape index (κ1) is 48.9. The smallest absolute Gasteiger partial charge is 0.321 e. The Morgan fingerprint density at radius 2 is 0.891 bits per heavy atom. The van der Waals surface area contributed by atoms with Crippen LogP contribution in [-0.2, 0) is 0 Å². The van der Waals surface area contributed by atoms with Crippen LogP contribution in [0.4, 0.5) is 27.8 Å². The van der Waals surface area contributed by atoms with Gasteiger partial charge < -0.3 is 34.6 Å². The van der Waals surface area contributed by atoms with Crippen LogP contribution in [0, 0.1) is 29.9 Å². The molecule has 13 nitrogen and oxygen atoms in total. The second-order valence-corrected chi connectivity index (χ2v) is 8.95. The van der Waals surface area contributed by atoms with E-state index in [2.05, 4.69) is 29.9 Å². The van der Waals surface area contributed by atoms with Gasteiger partial charge in [0.15, 0.2) is 0 Å². The number of ether oxygens (including phenoxy) is 3. The molecule has 3 heterocycles. The number of nitrogens with two attached hydrogens (primary N) is 1. The zero-order chi connectivity index (χ0) is 31.7. The minimum Gasteiger partial charge on any atom is -0.476 e. The highest BCUT2D eigenvalue weighted by molar-refractivity contribution is 5.27. The van der Waals surface area contributed by atoms with Crippen LogP contribution in [0.15, 0.2) is 18.2 Å². The Labute approximate surface area is 270 Å². The van der Waals surface area contributed by atoms with E-state index in [1.165, 1.54) is 0 Å². The number of nitrogens with zero attached hydrogens (tertiary/aromatic N) is 9. The highest BCUT2D eigenvalue weighted by atomic mass is 19.2. The molecule has 3 rings (SSSR count). The van der Waals surface area contributed by atoms with Gasteiger partial charge in [-0.05, 0) is 42.3 Å². The van der Waals surface area contributed by atoms with Gasteiger partial charge in [0, 0.05) is 31.8 Å². The molecule has 266 valence electrons. The van der Waals surface area contributed by atoms with Crippen molar-refractivity contribution in [3.05, 3.63) is 48.1 Å². The average molecular weight is 671 g/mol. The maximum Gasteiger partial charge on any atom is 0.321 e. The van der Waals surface area contributed by atoms with E-state index in [1.807, 2.05) is 57.0 Å². The number of aromatic nitrogens is 6. The Balaban J connectivity index is -0.000000276. The van der Waals surface area contributed by atoms with Gasteiger partial charge in [-0.1, -0.05) is 29.7 Å². The summed E-state index contributed by atoms with van der Waals surface area (Å²) < 4.78 is 77.8. The quantitative estimate of drug-likeness (QED) is 0.168. The van der Waals surface area contributed by atoms with Gasteiger partial charge in [-0.3, -0.25) is 0 Å². The molecule has 3 aromatic rings. The van der Waals surface area contributed by atoms with E-state index in [0.29, 0.717) is 38.9 Å². The van der Waals surface area contributed by atoms with Crippen molar-refractivity contribution in [3.8, 4) is 17.9 Å². The predicted molar refractivity (Wildman–Crippen MR) is 169 cm³/mol. The van der Waals surface area contributed by atoms with Gasteiger partial charge in [0.2, 0.25) is 29.7 Å². The fourth-order valence-corrected chi connectivity index (χ4v) is 2.33. The summed E-state index contributed by atoms with van der Waals surface area (Å²) in [4.78, 5) is 25.5. The third-order valence-electron chi connectivity index (χ3n) is 4.31. The first-order valence-electron chi connectivity index (χ1n) is 12.3.